The van der Waals surface area contributed by atoms with Crippen LogP contribution in [0.15, 0.2) is 103 Å². The number of aliphatic hydroxyl groups is 12. The van der Waals surface area contributed by atoms with Crippen LogP contribution in [0.25, 0.3) is 24.3 Å². The van der Waals surface area contributed by atoms with Crippen molar-refractivity contribution in [1.82, 2.24) is 19.6 Å². The molecule has 0 atom stereocenters. The molecular weight excluding hydrogens is 1380 g/mol. The van der Waals surface area contributed by atoms with Gasteiger partial charge in [0, 0.05) is 101 Å². The Hall–Kier alpha value is -7.02. The lowest BCUT2D eigenvalue weighted by Crippen LogP contribution is -2.32. The number of benzene rings is 4. The van der Waals surface area contributed by atoms with Gasteiger partial charge in [-0.3, -0.25) is 58.3 Å². The minimum Gasteiger partial charge on any atom is -0.399 e. The summed E-state index contributed by atoms with van der Waals surface area (Å²) in [6, 6.07) is 14.2. The molecule has 0 amide bonds. The van der Waals surface area contributed by atoms with Gasteiger partial charge in [0.15, 0.2) is 11.4 Å². The van der Waals surface area contributed by atoms with Crippen molar-refractivity contribution in [3.8, 4) is 0 Å². The third-order valence-corrected chi connectivity index (χ3v) is 16.8. The van der Waals surface area contributed by atoms with Gasteiger partial charge in [-0.25, -0.2) is 0 Å². The lowest BCUT2D eigenvalue weighted by atomic mass is 9.94. The Bertz CT molecular complexity index is 3500. The summed E-state index contributed by atoms with van der Waals surface area (Å²) >= 11 is 0. The number of nitrogen functional groups attached to an aromatic ring is 2. The summed E-state index contributed by atoms with van der Waals surface area (Å²) in [6.07, 6.45) is 4.03. The van der Waals surface area contributed by atoms with Crippen molar-refractivity contribution in [2.24, 2.45) is 10.2 Å². The zero-order valence-electron chi connectivity index (χ0n) is 52.9. The number of nitrogens with two attached hydrogens (primary N) is 2. The second kappa shape index (κ2) is 44.2. The molecule has 0 aromatic heterocycles. The van der Waals surface area contributed by atoms with E-state index in [1.165, 1.54) is 48.5 Å². The number of hydrazone groups is 2. The molecule has 548 valence electrons. The molecule has 4 aromatic rings. The molecule has 0 aliphatic heterocycles. The number of fused-ring (bicyclic) bond motifs is 2. The first-order valence-corrected chi connectivity index (χ1v) is 35.1. The van der Waals surface area contributed by atoms with Crippen LogP contribution in [0.4, 0.5) is 22.7 Å². The number of anilines is 4. The van der Waals surface area contributed by atoms with E-state index in [-0.39, 0.29) is 135 Å². The first-order chi connectivity index (χ1) is 46.3. The molecule has 0 heterocycles. The van der Waals surface area contributed by atoms with Gasteiger partial charge in [0.2, 0.25) is 11.6 Å². The fraction of sp³-hybridized carbons (Fsp3) is 0.414. The Balaban J connectivity index is 0.000000655. The normalized spacial score (nSPS) is 14.0. The van der Waals surface area contributed by atoms with Crippen molar-refractivity contribution in [1.29, 1.82) is 0 Å². The Morgan fingerprint density at radius 3 is 0.816 bits per heavy atom. The van der Waals surface area contributed by atoms with Crippen molar-refractivity contribution in [3.05, 3.63) is 116 Å². The predicted octanol–water partition coefficient (Wildman–Crippen LogP) is -3.64. The number of ketones is 2. The number of aliphatic hydroxyl groups excluding tert-OH is 12. The number of nitrogens with zero attached hydrogens (tertiary/aromatic N) is 6. The predicted molar refractivity (Wildman–Crippen MR) is 364 cm³/mol. The van der Waals surface area contributed by atoms with Crippen LogP contribution in [0.2, 0.25) is 0 Å². The molecule has 98 heavy (non-hydrogen) atoms. The van der Waals surface area contributed by atoms with Crippen molar-refractivity contribution in [2.45, 2.75) is 9.79 Å². The van der Waals surface area contributed by atoms with Crippen molar-refractivity contribution in [3.63, 3.8) is 0 Å². The quantitative estimate of drug-likeness (QED) is 0.00928. The fourth-order valence-electron chi connectivity index (χ4n) is 8.69. The van der Waals surface area contributed by atoms with Crippen LogP contribution >= 0.6 is 0 Å². The van der Waals surface area contributed by atoms with Gasteiger partial charge in [0.05, 0.1) is 90.7 Å². The van der Waals surface area contributed by atoms with E-state index in [4.69, 9.17) is 72.7 Å². The number of hydrogen-bond donors (Lipinski definition) is 20. The Morgan fingerprint density at radius 1 is 0.357 bits per heavy atom. The van der Waals surface area contributed by atoms with E-state index in [9.17, 15) is 61.5 Å². The Kier molecular flexibility index (Phi) is 39.3. The van der Waals surface area contributed by atoms with Crippen molar-refractivity contribution < 1.29 is 123 Å². The van der Waals surface area contributed by atoms with Gasteiger partial charge in [-0.2, -0.15) is 43.9 Å². The molecule has 0 spiro atoms. The van der Waals surface area contributed by atoms with Gasteiger partial charge >= 0.3 is 0 Å². The average molecular weight is 1470 g/mol. The molecule has 6 rings (SSSR count). The number of hydrogen-bond acceptors (Lipinski definition) is 32. The summed E-state index contributed by atoms with van der Waals surface area (Å²) in [5, 5.41) is 109. The maximum atomic E-state index is 13.2. The summed E-state index contributed by atoms with van der Waals surface area (Å²) in [7, 11) is -20.1. The molecule has 0 saturated heterocycles. The van der Waals surface area contributed by atoms with Crippen LogP contribution in [0.1, 0.15) is 43.0 Å². The van der Waals surface area contributed by atoms with Gasteiger partial charge in [-0.1, -0.05) is 36.4 Å². The molecular formula is C58H86N10O26S4. The summed E-state index contributed by atoms with van der Waals surface area (Å²) in [4.78, 5) is 30.2. The van der Waals surface area contributed by atoms with Crippen molar-refractivity contribution in [2.75, 3.05) is 180 Å². The third kappa shape index (κ3) is 29.8. The van der Waals surface area contributed by atoms with Gasteiger partial charge < -0.3 is 72.7 Å². The molecule has 0 saturated carbocycles. The number of nitrogens with one attached hydrogen (secondary N) is 2. The van der Waals surface area contributed by atoms with E-state index in [1.54, 1.807) is 19.6 Å². The molecule has 0 fully saturated rings. The fourth-order valence-corrected chi connectivity index (χ4v) is 11.4. The lowest BCUT2D eigenvalue weighted by molar-refractivity contribution is 0.105. The zero-order valence-corrected chi connectivity index (χ0v) is 56.2. The molecule has 22 N–H and O–H groups in total. The van der Waals surface area contributed by atoms with E-state index < -0.39 is 83.1 Å². The number of allylic oxidation sites excluding steroid dienone is 2. The summed E-state index contributed by atoms with van der Waals surface area (Å²) < 4.78 is 138. The van der Waals surface area contributed by atoms with E-state index >= 15 is 0 Å². The van der Waals surface area contributed by atoms with Gasteiger partial charge in [-0.05, 0) is 82.9 Å². The average Bonchev–Trinajstić information content (AvgIpc) is 0.778. The van der Waals surface area contributed by atoms with E-state index in [0.717, 1.165) is 48.6 Å². The Labute approximate surface area is 566 Å². The molecule has 2 aliphatic rings. The van der Waals surface area contributed by atoms with Crippen LogP contribution in [0, 0.1) is 0 Å². The SMILES string of the molecule is Nc1ccc2c(c1)C(=O)/C(=N/Nc1ccc(/C=C/c3ccc(N/N=C4/C(=O)c5cc(N)ccc5C=C4S(=O)(=O)O)cc3S(=O)(=O)O)c(S(=O)(=O)O)c1)C(S(=O)(=O)O)=C2.OCCN(CCO)CCO.OCCN(CCO)CCO.OCCN(CCO)CCO.OCCN(CCO)CCO. The highest BCUT2D eigenvalue weighted by Crippen LogP contribution is 2.31. The number of carbonyl (C=O) groups excluding carboxylic acids is 2. The topological polar surface area (TPSA) is 608 Å². The molecule has 4 aromatic carbocycles. The third-order valence-electron chi connectivity index (χ3n) is 13.3. The summed E-state index contributed by atoms with van der Waals surface area (Å²) in [5.41, 5.74) is 14.1. The second-order valence-electron chi connectivity index (χ2n) is 20.3. The maximum absolute atomic E-state index is 13.2. The van der Waals surface area contributed by atoms with Crippen LogP contribution in [-0.4, -0.2) is 314 Å². The highest BCUT2D eigenvalue weighted by molar-refractivity contribution is 7.91. The van der Waals surface area contributed by atoms with Crippen LogP contribution in [0.5, 0.6) is 0 Å². The smallest absolute Gasteiger partial charge is 0.296 e. The maximum Gasteiger partial charge on any atom is 0.296 e. The van der Waals surface area contributed by atoms with Crippen LogP contribution in [0.3, 0.4) is 0 Å². The highest BCUT2D eigenvalue weighted by Gasteiger charge is 2.35. The monoisotopic (exact) mass is 1470 g/mol. The molecule has 2 aliphatic carbocycles. The molecule has 40 heteroatoms. The standard InChI is InChI=1S/C34H26N6O14S4.4C6H15NO3/c35-21-7-3-19-11-29(57(49,50)51)31(33(41)25(19)13-21)39-37-23-9-5-17(27(15-23)55(43,44)45)1-2-18-6-10-24(16-28(18)56(46,47)48)38-40-32-30(58(52,53)54)12-20-4-8-22(36)14-26(20)34(32)42;4*8-4-1-7(2-5-9)3-6-10/h1-16,37-38H,35-36H2,(H,43,44,45)(H,46,47,48)(H,49,50,51)(H,52,53,54);4*8-10H,1-6H2/b2-1+,39-31+,40-32+;;;;. The number of carbonyl (C=O) groups is 2. The van der Waals surface area contributed by atoms with E-state index in [0.29, 0.717) is 78.5 Å². The number of rotatable bonds is 34. The molecule has 0 radical (unpaired) electrons. The first-order valence-electron chi connectivity index (χ1n) is 29.4. The second-order valence-corrected chi connectivity index (χ2v) is 25.9. The summed E-state index contributed by atoms with van der Waals surface area (Å²) in [6.45, 7) is 7.01. The first kappa shape index (κ1) is 87.1. The molecule has 36 nitrogen and oxygen atoms in total. The Morgan fingerprint density at radius 2 is 0.602 bits per heavy atom. The van der Waals surface area contributed by atoms with Crippen LogP contribution < -0.4 is 22.3 Å². The zero-order chi connectivity index (χ0) is 73.8. The van der Waals surface area contributed by atoms with Gasteiger partial charge in [-0.15, -0.1) is 0 Å². The lowest BCUT2D eigenvalue weighted by Gasteiger charge is -2.17. The largest absolute Gasteiger partial charge is 0.399 e. The van der Waals surface area contributed by atoms with Gasteiger partial charge in [0.1, 0.15) is 19.6 Å². The summed E-state index contributed by atoms with van der Waals surface area (Å²) in [5.74, 6) is -1.91. The van der Waals surface area contributed by atoms with E-state index in [1.807, 2.05) is 0 Å². The highest BCUT2D eigenvalue weighted by atomic mass is 32.2. The van der Waals surface area contributed by atoms with E-state index in [2.05, 4.69) is 21.1 Å². The van der Waals surface area contributed by atoms with Gasteiger partial charge in [0.25, 0.3) is 40.5 Å². The number of Topliss-reactive ketones (excluding diaryl/α,β-unsaturated/α-hetero) is 2. The minimum atomic E-state index is -5.06. The minimum absolute atomic E-state index is 0.0478. The van der Waals surface area contributed by atoms with Crippen molar-refractivity contribution >= 4 is 111 Å². The molecule has 0 bridgehead atoms. The van der Waals surface area contributed by atoms with Crippen LogP contribution in [-0.2, 0) is 40.5 Å². The molecule has 0 unspecified atom stereocenters.